The van der Waals surface area contributed by atoms with Gasteiger partial charge in [-0.05, 0) is 19.1 Å². The predicted octanol–water partition coefficient (Wildman–Crippen LogP) is 2.69. The lowest BCUT2D eigenvalue weighted by molar-refractivity contribution is 0.969. The Bertz CT molecular complexity index is 282. The third-order valence-corrected chi connectivity index (χ3v) is 1.89. The van der Waals surface area contributed by atoms with Gasteiger partial charge in [0.05, 0.1) is 6.57 Å². The summed E-state index contributed by atoms with van der Waals surface area (Å²) < 4.78 is 0. The molecule has 2 nitrogen and oxygen atoms in total. The van der Waals surface area contributed by atoms with Gasteiger partial charge in [-0.1, -0.05) is 12.1 Å². The van der Waals surface area contributed by atoms with Crippen molar-refractivity contribution in [1.29, 1.82) is 0 Å². The van der Waals surface area contributed by atoms with Gasteiger partial charge in [0.2, 0.25) is 0 Å². The van der Waals surface area contributed by atoms with Gasteiger partial charge in [-0.3, -0.25) is 0 Å². The Labute approximate surface area is 73.3 Å². The first-order chi connectivity index (χ1) is 5.77. The molecule has 0 bridgehead atoms. The van der Waals surface area contributed by atoms with E-state index in [0.29, 0.717) is 5.69 Å². The van der Waals surface area contributed by atoms with E-state index in [2.05, 4.69) is 16.7 Å². The Kier molecular flexibility index (Phi) is 2.71. The maximum Gasteiger partial charge on any atom is 0.187 e. The Morgan fingerprint density at radius 1 is 1.33 bits per heavy atom. The summed E-state index contributed by atoms with van der Waals surface area (Å²) in [5.74, 6) is 0. The first-order valence-corrected chi connectivity index (χ1v) is 3.96. The van der Waals surface area contributed by atoms with Crippen molar-refractivity contribution in [2.45, 2.75) is 6.92 Å². The van der Waals surface area contributed by atoms with Gasteiger partial charge in [-0.25, -0.2) is 4.85 Å². The van der Waals surface area contributed by atoms with Crippen molar-refractivity contribution in [3.8, 4) is 0 Å². The van der Waals surface area contributed by atoms with Crippen molar-refractivity contribution in [2.24, 2.45) is 0 Å². The lowest BCUT2D eigenvalue weighted by Gasteiger charge is -2.16. The minimum absolute atomic E-state index is 0.697. The Balaban J connectivity index is 2.86. The van der Waals surface area contributed by atoms with Crippen LogP contribution < -0.4 is 4.90 Å². The largest absolute Gasteiger partial charge is 0.375 e. The van der Waals surface area contributed by atoms with E-state index >= 15 is 0 Å². The van der Waals surface area contributed by atoms with Gasteiger partial charge in [-0.15, -0.1) is 0 Å². The highest BCUT2D eigenvalue weighted by atomic mass is 15.1. The van der Waals surface area contributed by atoms with Gasteiger partial charge in [0.15, 0.2) is 5.69 Å². The van der Waals surface area contributed by atoms with E-state index < -0.39 is 0 Å². The molecule has 62 valence electrons. The van der Waals surface area contributed by atoms with E-state index in [1.165, 1.54) is 0 Å². The summed E-state index contributed by atoms with van der Waals surface area (Å²) in [5.41, 5.74) is 1.85. The van der Waals surface area contributed by atoms with Crippen LogP contribution in [0.5, 0.6) is 0 Å². The van der Waals surface area contributed by atoms with Crippen LogP contribution in [0, 0.1) is 6.57 Å². The third-order valence-electron chi connectivity index (χ3n) is 1.89. The van der Waals surface area contributed by atoms with Crippen LogP contribution in [0.4, 0.5) is 11.4 Å². The molecule has 2 heteroatoms. The number of hydrogen-bond donors (Lipinski definition) is 0. The molecule has 0 radical (unpaired) electrons. The summed E-state index contributed by atoms with van der Waals surface area (Å²) in [5, 5.41) is 0. The lowest BCUT2D eigenvalue weighted by Crippen LogP contribution is -2.15. The molecule has 0 spiro atoms. The van der Waals surface area contributed by atoms with Crippen molar-refractivity contribution in [3.63, 3.8) is 0 Å². The summed E-state index contributed by atoms with van der Waals surface area (Å²) >= 11 is 0. The van der Waals surface area contributed by atoms with E-state index in [1.807, 2.05) is 31.3 Å². The van der Waals surface area contributed by atoms with Gasteiger partial charge in [0.1, 0.15) is 0 Å². The highest BCUT2D eigenvalue weighted by Crippen LogP contribution is 2.18. The number of nitrogens with zero attached hydrogens (tertiary/aromatic N) is 2. The molecule has 0 saturated carbocycles. The van der Waals surface area contributed by atoms with Crippen LogP contribution in [0.1, 0.15) is 6.92 Å². The summed E-state index contributed by atoms with van der Waals surface area (Å²) in [4.78, 5) is 5.46. The SMILES string of the molecule is [C-]#[N+]c1ccc(N(C)CC)cc1. The fourth-order valence-electron chi connectivity index (χ4n) is 0.964. The monoisotopic (exact) mass is 160 g/mol. The van der Waals surface area contributed by atoms with Crippen LogP contribution in [-0.2, 0) is 0 Å². The normalized spacial score (nSPS) is 9.08. The summed E-state index contributed by atoms with van der Waals surface area (Å²) in [6.45, 7) is 9.86. The zero-order valence-electron chi connectivity index (χ0n) is 7.41. The highest BCUT2D eigenvalue weighted by Gasteiger charge is 1.96. The number of anilines is 1. The number of benzene rings is 1. The third kappa shape index (κ3) is 1.76. The lowest BCUT2D eigenvalue weighted by atomic mass is 10.2. The molecule has 0 aliphatic heterocycles. The molecule has 0 unspecified atom stereocenters. The number of rotatable bonds is 2. The topological polar surface area (TPSA) is 7.60 Å². The molecule has 0 N–H and O–H groups in total. The molecule has 0 heterocycles. The maximum absolute atomic E-state index is 6.78. The Hall–Kier alpha value is -1.49. The zero-order chi connectivity index (χ0) is 8.97. The molecule has 0 atom stereocenters. The van der Waals surface area contributed by atoms with Crippen LogP contribution in [0.25, 0.3) is 4.85 Å². The van der Waals surface area contributed by atoms with Crippen LogP contribution in [0.3, 0.4) is 0 Å². The molecule has 1 aromatic rings. The molecule has 0 aromatic heterocycles. The van der Waals surface area contributed by atoms with Crippen LogP contribution >= 0.6 is 0 Å². The van der Waals surface area contributed by atoms with Crippen molar-refractivity contribution < 1.29 is 0 Å². The molecule has 0 fully saturated rings. The van der Waals surface area contributed by atoms with Crippen molar-refractivity contribution in [3.05, 3.63) is 35.7 Å². The van der Waals surface area contributed by atoms with Gasteiger partial charge in [0.25, 0.3) is 0 Å². The second kappa shape index (κ2) is 3.77. The van der Waals surface area contributed by atoms with Crippen LogP contribution in [0.2, 0.25) is 0 Å². The van der Waals surface area contributed by atoms with Gasteiger partial charge < -0.3 is 4.90 Å². The molecule has 1 aromatic carbocycles. The fourth-order valence-corrected chi connectivity index (χ4v) is 0.964. The molecule has 12 heavy (non-hydrogen) atoms. The van der Waals surface area contributed by atoms with Crippen LogP contribution in [-0.4, -0.2) is 13.6 Å². The van der Waals surface area contributed by atoms with Gasteiger partial charge in [-0.2, -0.15) is 0 Å². The fraction of sp³-hybridized carbons (Fsp3) is 0.300. The Morgan fingerprint density at radius 3 is 2.33 bits per heavy atom. The summed E-state index contributed by atoms with van der Waals surface area (Å²) in [7, 11) is 2.03. The molecule has 0 saturated heterocycles. The highest BCUT2D eigenvalue weighted by molar-refractivity contribution is 5.55. The molecule has 1 rings (SSSR count). The zero-order valence-corrected chi connectivity index (χ0v) is 7.41. The maximum atomic E-state index is 6.78. The van der Waals surface area contributed by atoms with Gasteiger partial charge in [0, 0.05) is 19.3 Å². The molecular weight excluding hydrogens is 148 g/mol. The molecule has 0 aliphatic carbocycles. The van der Waals surface area contributed by atoms with E-state index in [1.54, 1.807) is 0 Å². The number of hydrogen-bond acceptors (Lipinski definition) is 1. The first kappa shape index (κ1) is 8.61. The van der Waals surface area contributed by atoms with Crippen LogP contribution in [0.15, 0.2) is 24.3 Å². The van der Waals surface area contributed by atoms with Crippen molar-refractivity contribution >= 4 is 11.4 Å². The van der Waals surface area contributed by atoms with E-state index in [0.717, 1.165) is 12.2 Å². The predicted molar refractivity (Wildman–Crippen MR) is 51.6 cm³/mol. The summed E-state index contributed by atoms with van der Waals surface area (Å²) in [6.07, 6.45) is 0. The minimum atomic E-state index is 0.697. The van der Waals surface area contributed by atoms with E-state index in [-0.39, 0.29) is 0 Å². The quantitative estimate of drug-likeness (QED) is 0.603. The second-order valence-corrected chi connectivity index (χ2v) is 2.64. The van der Waals surface area contributed by atoms with E-state index in [9.17, 15) is 0 Å². The van der Waals surface area contributed by atoms with Crippen molar-refractivity contribution in [2.75, 3.05) is 18.5 Å². The second-order valence-electron chi connectivity index (χ2n) is 2.64. The smallest absolute Gasteiger partial charge is 0.187 e. The molecular formula is C10H12N2. The minimum Gasteiger partial charge on any atom is -0.375 e. The first-order valence-electron chi connectivity index (χ1n) is 3.96. The molecule has 0 amide bonds. The van der Waals surface area contributed by atoms with Crippen molar-refractivity contribution in [1.82, 2.24) is 0 Å². The standard InChI is InChI=1S/C10H12N2/c1-4-12(3)10-7-5-9(11-2)6-8-10/h5-8H,4H2,1,3H3. The van der Waals surface area contributed by atoms with E-state index in [4.69, 9.17) is 6.57 Å². The summed E-state index contributed by atoms with van der Waals surface area (Å²) in [6, 6.07) is 7.62. The average Bonchev–Trinajstić information content (AvgIpc) is 2.17. The Morgan fingerprint density at radius 2 is 1.92 bits per heavy atom. The average molecular weight is 160 g/mol. The van der Waals surface area contributed by atoms with Gasteiger partial charge >= 0.3 is 0 Å². The molecule has 0 aliphatic rings.